The summed E-state index contributed by atoms with van der Waals surface area (Å²) in [7, 11) is 0. The predicted octanol–water partition coefficient (Wildman–Crippen LogP) is 3.60. The molecule has 0 saturated heterocycles. The average Bonchev–Trinajstić information content (AvgIpc) is 2.37. The van der Waals surface area contributed by atoms with Gasteiger partial charge >= 0.3 is 110 Å². The molecule has 2 rings (SSSR count). The summed E-state index contributed by atoms with van der Waals surface area (Å²) in [5, 5.41) is 0. The summed E-state index contributed by atoms with van der Waals surface area (Å²) in [5.74, 6) is 6.72. The molecule has 0 spiro atoms. The molecule has 1 nitrogen and oxygen atoms in total. The second-order valence-corrected chi connectivity index (χ2v) is 15.9. The fraction of sp³-hybridized carbons (Fsp3) is 0.267. The zero-order valence-corrected chi connectivity index (χ0v) is 12.6. The number of pyridine rings is 1. The molecule has 0 unspecified atom stereocenters. The summed E-state index contributed by atoms with van der Waals surface area (Å²) in [6.07, 6.45) is 1.86. The van der Waals surface area contributed by atoms with Gasteiger partial charge in [0.1, 0.15) is 0 Å². The van der Waals surface area contributed by atoms with Gasteiger partial charge in [-0.2, -0.15) is 0 Å². The molecule has 2 heteroatoms. The van der Waals surface area contributed by atoms with E-state index in [4.69, 9.17) is 4.11 Å². The molecule has 88 valence electrons. The van der Waals surface area contributed by atoms with Crippen molar-refractivity contribution in [1.29, 1.82) is 0 Å². The van der Waals surface area contributed by atoms with Crippen LogP contribution in [-0.2, 0) is 0 Å². The molecule has 1 aromatic heterocycles. The molecule has 1 aromatic carbocycles. The Hall–Kier alpha value is -1.09. The van der Waals surface area contributed by atoms with Crippen LogP contribution in [0.25, 0.3) is 11.3 Å². The summed E-state index contributed by atoms with van der Waals surface area (Å²) < 4.78 is 24.5. The van der Waals surface area contributed by atoms with E-state index in [1.807, 2.05) is 42.6 Å². The van der Waals surface area contributed by atoms with Gasteiger partial charge in [-0.25, -0.2) is 0 Å². The molecule has 0 aliphatic rings. The van der Waals surface area contributed by atoms with Crippen molar-refractivity contribution in [2.24, 2.45) is 0 Å². The third kappa shape index (κ3) is 2.78. The molecular weight excluding hydrogens is 267 g/mol. The van der Waals surface area contributed by atoms with Crippen molar-refractivity contribution in [2.45, 2.75) is 24.1 Å². The van der Waals surface area contributed by atoms with Gasteiger partial charge in [-0.1, -0.05) is 0 Å². The van der Waals surface area contributed by atoms with Gasteiger partial charge in [0.05, 0.1) is 0 Å². The van der Waals surface area contributed by atoms with Crippen molar-refractivity contribution in [2.75, 3.05) is 0 Å². The Bertz CT molecular complexity index is 601. The molecule has 0 amide bonds. The second kappa shape index (κ2) is 4.65. The van der Waals surface area contributed by atoms with E-state index in [2.05, 4.69) is 22.3 Å². The van der Waals surface area contributed by atoms with Crippen molar-refractivity contribution < 1.29 is 4.11 Å². The number of rotatable bonds is 2. The van der Waals surface area contributed by atoms with Gasteiger partial charge in [0.25, 0.3) is 0 Å². The summed E-state index contributed by atoms with van der Waals surface area (Å²) in [5.41, 5.74) is 1.79. The van der Waals surface area contributed by atoms with Crippen molar-refractivity contribution >= 4 is 17.7 Å². The molecule has 0 fully saturated rings. The van der Waals surface area contributed by atoms with Crippen LogP contribution in [0.2, 0.25) is 17.3 Å². The van der Waals surface area contributed by atoms with E-state index in [1.54, 1.807) is 0 Å². The minimum atomic E-state index is -2.14. The second-order valence-electron chi connectivity index (χ2n) is 5.24. The molecule has 2 aromatic rings. The van der Waals surface area contributed by atoms with Gasteiger partial charge in [-0.15, -0.1) is 0 Å². The first-order chi connectivity index (χ1) is 9.19. The van der Waals surface area contributed by atoms with Gasteiger partial charge < -0.3 is 0 Å². The Balaban J connectivity index is 2.65. The van der Waals surface area contributed by atoms with E-state index in [-0.39, 0.29) is 0 Å². The molecular formula is C15H19GeN. The summed E-state index contributed by atoms with van der Waals surface area (Å²) >= 11 is -2.09. The number of aromatic nitrogens is 1. The Morgan fingerprint density at radius 3 is 2.41 bits per heavy atom. The maximum atomic E-state index is 7.78. The number of hydrogen-bond acceptors (Lipinski definition) is 1. The number of hydrogen-bond donors (Lipinski definition) is 0. The normalized spacial score (nSPS) is 14.9. The predicted molar refractivity (Wildman–Crippen MR) is 77.4 cm³/mol. The van der Waals surface area contributed by atoms with Crippen molar-refractivity contribution in [1.82, 2.24) is 4.98 Å². The van der Waals surface area contributed by atoms with E-state index >= 15 is 0 Å². The number of benzene rings is 1. The molecule has 0 aliphatic heterocycles. The summed E-state index contributed by atoms with van der Waals surface area (Å²) in [4.78, 5) is 4.47. The number of nitrogens with zero attached hydrogens (tertiary/aromatic N) is 1. The fourth-order valence-corrected chi connectivity index (χ4v) is 3.86. The molecule has 0 atom stereocenters. The summed E-state index contributed by atoms with van der Waals surface area (Å²) in [6, 6.07) is 11.4. The van der Waals surface area contributed by atoms with Gasteiger partial charge in [0.2, 0.25) is 0 Å². The SMILES string of the molecule is [2H]C([2H])([2H])c1c[c]([Ge]([CH3])([CH3])[CH3])cnc1-c1ccccc1. The fourth-order valence-electron chi connectivity index (χ4n) is 1.70. The molecule has 0 bridgehead atoms. The molecule has 0 saturated carbocycles. The van der Waals surface area contributed by atoms with E-state index in [9.17, 15) is 0 Å². The maximum absolute atomic E-state index is 7.78. The van der Waals surface area contributed by atoms with Crippen LogP contribution in [0, 0.1) is 6.85 Å². The van der Waals surface area contributed by atoms with Crippen LogP contribution in [0.15, 0.2) is 42.6 Å². The van der Waals surface area contributed by atoms with Crippen LogP contribution in [0.5, 0.6) is 0 Å². The van der Waals surface area contributed by atoms with Crippen LogP contribution < -0.4 is 4.40 Å². The summed E-state index contributed by atoms with van der Waals surface area (Å²) in [6.45, 7) is -2.14. The zero-order valence-electron chi connectivity index (χ0n) is 13.5. The average molecular weight is 289 g/mol. The van der Waals surface area contributed by atoms with Crippen molar-refractivity contribution in [3.8, 4) is 11.3 Å². The Labute approximate surface area is 110 Å². The standard InChI is InChI=1S/C15H19GeN/c1-12-10-14(16(2,3)4)11-17-15(12)13-8-6-5-7-9-13/h5-11H,1-4H3/i1D3. The minimum absolute atomic E-state index is 0.363. The zero-order chi connectivity index (χ0) is 15.0. The van der Waals surface area contributed by atoms with E-state index in [0.717, 1.165) is 9.96 Å². The van der Waals surface area contributed by atoms with Crippen LogP contribution in [0.1, 0.15) is 9.68 Å². The molecule has 0 N–H and O–H groups in total. The molecule has 17 heavy (non-hydrogen) atoms. The molecule has 0 aliphatic carbocycles. The van der Waals surface area contributed by atoms with Gasteiger partial charge in [-0.05, 0) is 0 Å². The van der Waals surface area contributed by atoms with Gasteiger partial charge in [0, 0.05) is 0 Å². The van der Waals surface area contributed by atoms with Gasteiger partial charge in [-0.3, -0.25) is 0 Å². The van der Waals surface area contributed by atoms with Crippen molar-refractivity contribution in [3.63, 3.8) is 0 Å². The Morgan fingerprint density at radius 1 is 1.12 bits per heavy atom. The third-order valence-corrected chi connectivity index (χ3v) is 7.01. The van der Waals surface area contributed by atoms with Crippen molar-refractivity contribution in [3.05, 3.63) is 48.2 Å². The molecule has 0 radical (unpaired) electrons. The first-order valence-electron chi connectivity index (χ1n) is 7.26. The van der Waals surface area contributed by atoms with Gasteiger partial charge in [0.15, 0.2) is 0 Å². The quantitative estimate of drug-likeness (QED) is 0.770. The third-order valence-electron chi connectivity index (χ3n) is 2.80. The van der Waals surface area contributed by atoms with Crippen LogP contribution in [0.4, 0.5) is 0 Å². The Morgan fingerprint density at radius 2 is 1.82 bits per heavy atom. The monoisotopic (exact) mass is 290 g/mol. The topological polar surface area (TPSA) is 12.9 Å². The Kier molecular flexibility index (Phi) is 2.44. The van der Waals surface area contributed by atoms with Crippen LogP contribution in [0.3, 0.4) is 0 Å². The first kappa shape index (κ1) is 8.92. The van der Waals surface area contributed by atoms with Crippen LogP contribution >= 0.6 is 0 Å². The molecule has 1 heterocycles. The number of aryl methyl sites for hydroxylation is 1. The van der Waals surface area contributed by atoms with E-state index in [0.29, 0.717) is 11.3 Å². The van der Waals surface area contributed by atoms with E-state index < -0.39 is 20.1 Å². The van der Waals surface area contributed by atoms with Crippen LogP contribution in [-0.4, -0.2) is 18.3 Å². The van der Waals surface area contributed by atoms with E-state index in [1.165, 1.54) is 0 Å². The first-order valence-corrected chi connectivity index (χ1v) is 13.1.